The molecule has 0 aliphatic carbocycles. The molecule has 0 unspecified atom stereocenters. The van der Waals surface area contributed by atoms with Crippen molar-refractivity contribution in [1.82, 2.24) is 0 Å². The van der Waals surface area contributed by atoms with E-state index in [2.05, 4.69) is 15.9 Å². The summed E-state index contributed by atoms with van der Waals surface area (Å²) in [5.74, 6) is 0. The van der Waals surface area contributed by atoms with Crippen LogP contribution in [0.3, 0.4) is 0 Å². The highest BCUT2D eigenvalue weighted by atomic mass is 79.9. The van der Waals surface area contributed by atoms with E-state index in [0.717, 1.165) is 10.0 Å². The number of fused-ring (bicyclic) bond motifs is 1. The molecular weight excluding hydrogens is 316 g/mol. The van der Waals surface area contributed by atoms with E-state index in [0.29, 0.717) is 25.1 Å². The summed E-state index contributed by atoms with van der Waals surface area (Å²) in [6.07, 6.45) is 0.997. The van der Waals surface area contributed by atoms with E-state index in [-0.39, 0.29) is 0 Å². The highest BCUT2D eigenvalue weighted by Crippen LogP contribution is 2.33. The molecule has 1 aromatic carbocycles. The second-order valence-corrected chi connectivity index (χ2v) is 7.12. The van der Waals surface area contributed by atoms with Crippen molar-refractivity contribution in [3.63, 3.8) is 0 Å². The normalized spacial score (nSPS) is 16.2. The lowest BCUT2D eigenvalue weighted by Crippen LogP contribution is -2.36. The Kier molecular flexibility index (Phi) is 3.64. The molecule has 0 bridgehead atoms. The number of hydrogen-bond acceptors (Lipinski definition) is 3. The number of halogens is 1. The largest absolute Gasteiger partial charge is 0.269 e. The van der Waals surface area contributed by atoms with Crippen molar-refractivity contribution >= 4 is 31.6 Å². The highest BCUT2D eigenvalue weighted by Gasteiger charge is 2.35. The standard InChI is InChI=1S/C12H13BrN2O2S/c1-2-11(8-14)18(16,17)15-6-5-9-7-10(13)3-4-12(9)15/h3-4,7,11H,2,5-6H2,1H3/t11-/m1/s1. The van der Waals surface area contributed by atoms with Crippen LogP contribution >= 0.6 is 15.9 Å². The molecule has 0 saturated heterocycles. The first kappa shape index (κ1) is 13.4. The van der Waals surface area contributed by atoms with Crippen LogP contribution in [0.5, 0.6) is 0 Å². The van der Waals surface area contributed by atoms with Crippen LogP contribution in [0.1, 0.15) is 18.9 Å². The maximum absolute atomic E-state index is 12.3. The van der Waals surface area contributed by atoms with E-state index in [1.165, 1.54) is 4.31 Å². The Hall–Kier alpha value is -1.06. The summed E-state index contributed by atoms with van der Waals surface area (Å²) in [7, 11) is -3.57. The molecule has 0 radical (unpaired) electrons. The van der Waals surface area contributed by atoms with E-state index < -0.39 is 15.3 Å². The van der Waals surface area contributed by atoms with Gasteiger partial charge >= 0.3 is 0 Å². The number of sulfonamides is 1. The fraction of sp³-hybridized carbons (Fsp3) is 0.417. The van der Waals surface area contributed by atoms with Crippen LogP contribution in [0.15, 0.2) is 22.7 Å². The van der Waals surface area contributed by atoms with Crippen molar-refractivity contribution in [1.29, 1.82) is 5.26 Å². The summed E-state index contributed by atoms with van der Waals surface area (Å²) >= 11 is 3.37. The number of nitriles is 1. The SMILES string of the molecule is CC[C@H](C#N)S(=O)(=O)N1CCc2cc(Br)ccc21. The lowest BCUT2D eigenvalue weighted by atomic mass is 10.2. The van der Waals surface area contributed by atoms with Gasteiger partial charge in [0.05, 0.1) is 11.8 Å². The van der Waals surface area contributed by atoms with Crippen molar-refractivity contribution in [2.75, 3.05) is 10.8 Å². The highest BCUT2D eigenvalue weighted by molar-refractivity contribution is 9.10. The zero-order valence-electron chi connectivity index (χ0n) is 9.93. The average molecular weight is 329 g/mol. The Morgan fingerprint density at radius 2 is 2.28 bits per heavy atom. The van der Waals surface area contributed by atoms with Gasteiger partial charge in [0.2, 0.25) is 0 Å². The van der Waals surface area contributed by atoms with E-state index in [4.69, 9.17) is 5.26 Å². The van der Waals surface area contributed by atoms with Crippen molar-refractivity contribution in [2.24, 2.45) is 0 Å². The van der Waals surface area contributed by atoms with Gasteiger partial charge in [0.15, 0.2) is 5.25 Å². The zero-order chi connectivity index (χ0) is 13.3. The van der Waals surface area contributed by atoms with Gasteiger partial charge < -0.3 is 0 Å². The lowest BCUT2D eigenvalue weighted by Gasteiger charge is -2.21. The third-order valence-corrected chi connectivity index (χ3v) is 5.72. The smallest absolute Gasteiger partial charge is 0.251 e. The van der Waals surface area contributed by atoms with E-state index in [1.54, 1.807) is 13.0 Å². The molecule has 0 saturated carbocycles. The second kappa shape index (κ2) is 4.90. The van der Waals surface area contributed by atoms with Gasteiger partial charge in [-0.3, -0.25) is 4.31 Å². The molecule has 1 aliphatic rings. The Balaban J connectivity index is 2.43. The summed E-state index contributed by atoms with van der Waals surface area (Å²) in [6.45, 7) is 2.14. The molecule has 4 nitrogen and oxygen atoms in total. The van der Waals surface area contributed by atoms with Gasteiger partial charge in [-0.25, -0.2) is 8.42 Å². The molecule has 1 heterocycles. The van der Waals surface area contributed by atoms with Gasteiger partial charge in [-0.15, -0.1) is 0 Å². The van der Waals surface area contributed by atoms with Crippen LogP contribution in [-0.4, -0.2) is 20.2 Å². The quantitative estimate of drug-likeness (QED) is 0.856. The topological polar surface area (TPSA) is 61.2 Å². The van der Waals surface area contributed by atoms with Crippen molar-refractivity contribution in [2.45, 2.75) is 25.0 Å². The predicted molar refractivity (Wildman–Crippen MR) is 73.8 cm³/mol. The van der Waals surface area contributed by atoms with E-state index in [9.17, 15) is 8.42 Å². The first-order chi connectivity index (χ1) is 8.50. The molecule has 1 atom stereocenters. The van der Waals surface area contributed by atoms with Crippen molar-refractivity contribution in [3.8, 4) is 6.07 Å². The van der Waals surface area contributed by atoms with Crippen LogP contribution in [0, 0.1) is 11.3 Å². The fourth-order valence-electron chi connectivity index (χ4n) is 2.13. The first-order valence-corrected chi connectivity index (χ1v) is 8.00. The minimum absolute atomic E-state index is 0.307. The molecule has 96 valence electrons. The molecular formula is C12H13BrN2O2S. The molecule has 0 spiro atoms. The minimum atomic E-state index is -3.57. The number of anilines is 1. The summed E-state index contributed by atoms with van der Waals surface area (Å²) in [5, 5.41) is 7.99. The van der Waals surface area contributed by atoms with E-state index in [1.807, 2.05) is 18.2 Å². The third kappa shape index (κ3) is 2.13. The fourth-order valence-corrected chi connectivity index (χ4v) is 4.19. The van der Waals surface area contributed by atoms with E-state index >= 15 is 0 Å². The van der Waals surface area contributed by atoms with Crippen LogP contribution < -0.4 is 4.31 Å². The zero-order valence-corrected chi connectivity index (χ0v) is 12.3. The van der Waals surface area contributed by atoms with Gasteiger partial charge in [-0.05, 0) is 36.6 Å². The monoisotopic (exact) mass is 328 g/mol. The number of benzene rings is 1. The predicted octanol–water partition coefficient (Wildman–Crippen LogP) is 2.44. The van der Waals surface area contributed by atoms with Gasteiger partial charge in [-0.1, -0.05) is 22.9 Å². The Bertz CT molecular complexity index is 607. The van der Waals surface area contributed by atoms with Gasteiger partial charge in [0.1, 0.15) is 0 Å². The Labute approximate surface area is 115 Å². The summed E-state index contributed by atoms with van der Waals surface area (Å²) in [4.78, 5) is 0. The molecule has 0 amide bonds. The number of rotatable bonds is 3. The number of nitrogens with zero attached hydrogens (tertiary/aromatic N) is 2. The number of hydrogen-bond donors (Lipinski definition) is 0. The maximum Gasteiger partial charge on any atom is 0.251 e. The second-order valence-electron chi connectivity index (χ2n) is 4.17. The molecule has 0 fully saturated rings. The molecule has 2 rings (SSSR count). The Morgan fingerprint density at radius 1 is 1.56 bits per heavy atom. The van der Waals surface area contributed by atoms with Crippen molar-refractivity contribution < 1.29 is 8.42 Å². The first-order valence-electron chi connectivity index (χ1n) is 5.70. The average Bonchev–Trinajstić information content (AvgIpc) is 2.73. The molecule has 1 aromatic rings. The summed E-state index contributed by atoms with van der Waals surface area (Å²) in [6, 6.07) is 7.41. The van der Waals surface area contributed by atoms with Crippen LogP contribution in [0.2, 0.25) is 0 Å². The Morgan fingerprint density at radius 3 is 2.89 bits per heavy atom. The molecule has 18 heavy (non-hydrogen) atoms. The lowest BCUT2D eigenvalue weighted by molar-refractivity contribution is 0.583. The maximum atomic E-state index is 12.3. The summed E-state index contributed by atoms with van der Waals surface area (Å²) < 4.78 is 27.0. The van der Waals surface area contributed by atoms with Crippen LogP contribution in [0.25, 0.3) is 0 Å². The minimum Gasteiger partial charge on any atom is -0.269 e. The van der Waals surface area contributed by atoms with Gasteiger partial charge in [0, 0.05) is 11.0 Å². The van der Waals surface area contributed by atoms with Gasteiger partial charge in [-0.2, -0.15) is 5.26 Å². The molecule has 0 N–H and O–H groups in total. The van der Waals surface area contributed by atoms with Crippen molar-refractivity contribution in [3.05, 3.63) is 28.2 Å². The van der Waals surface area contributed by atoms with Gasteiger partial charge in [0.25, 0.3) is 10.0 Å². The van der Waals surface area contributed by atoms with Crippen LogP contribution in [0.4, 0.5) is 5.69 Å². The molecule has 1 aliphatic heterocycles. The molecule has 0 aromatic heterocycles. The third-order valence-electron chi connectivity index (χ3n) is 3.08. The van der Waals surface area contributed by atoms with Crippen LogP contribution in [-0.2, 0) is 16.4 Å². The summed E-state index contributed by atoms with van der Waals surface area (Å²) in [5.41, 5.74) is 1.70. The molecule has 6 heteroatoms.